The zero-order valence-corrected chi connectivity index (χ0v) is 8.08. The fraction of sp³-hybridized carbons (Fsp3) is 0.143. The molecule has 0 fully saturated rings. The summed E-state index contributed by atoms with van der Waals surface area (Å²) in [6.07, 6.45) is -4.68. The molecule has 7 heteroatoms. The predicted molar refractivity (Wildman–Crippen MR) is 45.5 cm³/mol. The van der Waals surface area contributed by atoms with Gasteiger partial charge in [0.05, 0.1) is 15.5 Å². The Labute approximate surface area is 85.0 Å². The van der Waals surface area contributed by atoms with E-state index in [1.54, 1.807) is 0 Å². The second kappa shape index (κ2) is 3.88. The molecule has 0 amide bonds. The van der Waals surface area contributed by atoms with Crippen LogP contribution in [0, 0.1) is 0 Å². The molecule has 0 spiro atoms. The average molecular weight is 245 g/mol. The number of rotatable bonds is 1. The number of benzene rings is 1. The summed E-state index contributed by atoms with van der Waals surface area (Å²) in [4.78, 5) is -0.804. The zero-order chi connectivity index (χ0) is 10.9. The molecular formula is C7H4ClF3O2S. The molecule has 1 aromatic carbocycles. The summed E-state index contributed by atoms with van der Waals surface area (Å²) >= 11 is 2.63. The van der Waals surface area contributed by atoms with Crippen LogP contribution < -0.4 is 0 Å². The maximum absolute atomic E-state index is 12.3. The first-order chi connectivity index (χ1) is 6.34. The summed E-state index contributed by atoms with van der Waals surface area (Å²) in [6.45, 7) is 0. The normalized spacial score (nSPS) is 14.1. The average Bonchev–Trinajstić information content (AvgIpc) is 2.01. The minimum absolute atomic E-state index is 0.374. The van der Waals surface area contributed by atoms with E-state index < -0.39 is 27.7 Å². The molecule has 0 heterocycles. The van der Waals surface area contributed by atoms with Crippen LogP contribution in [0.15, 0.2) is 23.1 Å². The number of halogens is 4. The number of hydrogen-bond donors (Lipinski definition) is 1. The van der Waals surface area contributed by atoms with Gasteiger partial charge in [-0.2, -0.15) is 13.2 Å². The highest BCUT2D eigenvalue weighted by Crippen LogP contribution is 2.36. The van der Waals surface area contributed by atoms with Gasteiger partial charge in [-0.15, -0.1) is 0 Å². The molecule has 78 valence electrons. The van der Waals surface area contributed by atoms with Crippen molar-refractivity contribution in [2.75, 3.05) is 0 Å². The van der Waals surface area contributed by atoms with Crippen LogP contribution in [0.1, 0.15) is 5.56 Å². The smallest absolute Gasteiger partial charge is 0.302 e. The highest BCUT2D eigenvalue weighted by atomic mass is 35.5. The Morgan fingerprint density at radius 1 is 1.36 bits per heavy atom. The van der Waals surface area contributed by atoms with Crippen molar-refractivity contribution in [2.45, 2.75) is 11.1 Å². The van der Waals surface area contributed by atoms with Crippen LogP contribution in [0.4, 0.5) is 13.2 Å². The zero-order valence-electron chi connectivity index (χ0n) is 6.51. The standard InChI is InChI=1S/C7H4ClF3O2S/c8-5-3-1-2-4(7(9,10)11)6(5)14(12)13/h1-3H,(H,12,13). The van der Waals surface area contributed by atoms with Crippen LogP contribution in [0.2, 0.25) is 5.02 Å². The van der Waals surface area contributed by atoms with Crippen molar-refractivity contribution < 1.29 is 21.9 Å². The molecule has 0 bridgehead atoms. The van der Waals surface area contributed by atoms with E-state index in [1.807, 2.05) is 0 Å². The maximum Gasteiger partial charge on any atom is 0.417 e. The second-order valence-corrected chi connectivity index (χ2v) is 3.68. The second-order valence-electron chi connectivity index (χ2n) is 2.36. The predicted octanol–water partition coefficient (Wildman–Crippen LogP) is 2.94. The molecule has 0 aliphatic rings. The SMILES string of the molecule is O=S(O)c1c(Cl)cccc1C(F)(F)F. The van der Waals surface area contributed by atoms with Gasteiger partial charge in [-0.25, -0.2) is 4.21 Å². The Morgan fingerprint density at radius 2 is 1.93 bits per heavy atom. The summed E-state index contributed by atoms with van der Waals surface area (Å²) in [7, 11) is 0. The molecule has 1 unspecified atom stereocenters. The Bertz CT molecular complexity index is 378. The van der Waals surface area contributed by atoms with E-state index in [1.165, 1.54) is 0 Å². The monoisotopic (exact) mass is 244 g/mol. The van der Waals surface area contributed by atoms with Gasteiger partial charge in [-0.3, -0.25) is 0 Å². The first-order valence-corrected chi connectivity index (χ1v) is 4.79. The van der Waals surface area contributed by atoms with Crippen LogP contribution in [-0.4, -0.2) is 8.76 Å². The molecule has 0 aliphatic heterocycles. The van der Waals surface area contributed by atoms with Crippen molar-refractivity contribution in [3.8, 4) is 0 Å². The van der Waals surface area contributed by atoms with E-state index in [0.29, 0.717) is 6.07 Å². The molecule has 1 rings (SSSR count). The summed E-state index contributed by atoms with van der Waals surface area (Å²) in [5, 5.41) is -0.374. The van der Waals surface area contributed by atoms with E-state index in [0.717, 1.165) is 12.1 Å². The van der Waals surface area contributed by atoms with Gasteiger partial charge in [0.2, 0.25) is 0 Å². The van der Waals surface area contributed by atoms with Crippen LogP contribution in [-0.2, 0) is 17.3 Å². The van der Waals surface area contributed by atoms with Gasteiger partial charge in [0.15, 0.2) is 11.1 Å². The molecule has 1 N–H and O–H groups in total. The molecule has 0 saturated heterocycles. The molecule has 0 aliphatic carbocycles. The summed E-state index contributed by atoms with van der Waals surface area (Å²) in [6, 6.07) is 2.90. The van der Waals surface area contributed by atoms with Crippen molar-refractivity contribution in [3.05, 3.63) is 28.8 Å². The van der Waals surface area contributed by atoms with E-state index in [2.05, 4.69) is 0 Å². The fourth-order valence-electron chi connectivity index (χ4n) is 0.910. The Balaban J connectivity index is 3.44. The molecule has 2 nitrogen and oxygen atoms in total. The van der Waals surface area contributed by atoms with Gasteiger partial charge in [0.1, 0.15) is 0 Å². The van der Waals surface area contributed by atoms with Gasteiger partial charge in [0, 0.05) is 0 Å². The van der Waals surface area contributed by atoms with Gasteiger partial charge < -0.3 is 4.55 Å². The van der Waals surface area contributed by atoms with E-state index >= 15 is 0 Å². The lowest BCUT2D eigenvalue weighted by Crippen LogP contribution is -2.10. The highest BCUT2D eigenvalue weighted by molar-refractivity contribution is 7.79. The first-order valence-electron chi connectivity index (χ1n) is 3.30. The van der Waals surface area contributed by atoms with Gasteiger partial charge >= 0.3 is 6.18 Å². The quantitative estimate of drug-likeness (QED) is 0.771. The number of alkyl halides is 3. The van der Waals surface area contributed by atoms with E-state index in [4.69, 9.17) is 16.2 Å². The van der Waals surface area contributed by atoms with Gasteiger partial charge in [-0.1, -0.05) is 17.7 Å². The van der Waals surface area contributed by atoms with E-state index in [9.17, 15) is 17.4 Å². The summed E-state index contributed by atoms with van der Waals surface area (Å²) in [5.74, 6) is 0. The number of hydrogen-bond acceptors (Lipinski definition) is 1. The van der Waals surface area contributed by atoms with Crippen LogP contribution in [0.25, 0.3) is 0 Å². The lowest BCUT2D eigenvalue weighted by atomic mass is 10.2. The molecule has 1 atom stereocenters. The van der Waals surface area contributed by atoms with Crippen LogP contribution >= 0.6 is 11.6 Å². The Morgan fingerprint density at radius 3 is 2.29 bits per heavy atom. The largest absolute Gasteiger partial charge is 0.417 e. The van der Waals surface area contributed by atoms with Gasteiger partial charge in [-0.05, 0) is 12.1 Å². The summed E-state index contributed by atoms with van der Waals surface area (Å²) in [5.41, 5.74) is -1.19. The lowest BCUT2D eigenvalue weighted by molar-refractivity contribution is -0.139. The van der Waals surface area contributed by atoms with Crippen LogP contribution in [0.3, 0.4) is 0 Å². The molecule has 1 aromatic rings. The van der Waals surface area contributed by atoms with Gasteiger partial charge in [0.25, 0.3) is 0 Å². The molecule has 0 radical (unpaired) electrons. The minimum Gasteiger partial charge on any atom is -0.302 e. The Hall–Kier alpha value is -0.590. The molecular weight excluding hydrogens is 241 g/mol. The third-order valence-corrected chi connectivity index (χ3v) is 2.66. The van der Waals surface area contributed by atoms with Crippen molar-refractivity contribution in [1.82, 2.24) is 0 Å². The molecule has 14 heavy (non-hydrogen) atoms. The van der Waals surface area contributed by atoms with Crippen molar-refractivity contribution >= 4 is 22.7 Å². The minimum atomic E-state index is -4.68. The fourth-order valence-corrected chi connectivity index (χ4v) is 1.89. The third-order valence-electron chi connectivity index (χ3n) is 1.45. The third kappa shape index (κ3) is 2.26. The van der Waals surface area contributed by atoms with Crippen molar-refractivity contribution in [3.63, 3.8) is 0 Å². The lowest BCUT2D eigenvalue weighted by Gasteiger charge is -2.10. The van der Waals surface area contributed by atoms with Crippen LogP contribution in [0.5, 0.6) is 0 Å². The molecule has 0 saturated carbocycles. The van der Waals surface area contributed by atoms with E-state index in [-0.39, 0.29) is 5.02 Å². The topological polar surface area (TPSA) is 37.3 Å². The summed E-state index contributed by atoms with van der Waals surface area (Å²) < 4.78 is 56.1. The van der Waals surface area contributed by atoms with Crippen molar-refractivity contribution in [2.24, 2.45) is 0 Å². The maximum atomic E-state index is 12.3. The Kier molecular flexibility index (Phi) is 3.18. The molecule has 0 aromatic heterocycles. The first kappa shape index (κ1) is 11.5. The highest BCUT2D eigenvalue weighted by Gasteiger charge is 2.35. The van der Waals surface area contributed by atoms with Crippen molar-refractivity contribution in [1.29, 1.82) is 0 Å².